The van der Waals surface area contributed by atoms with Crippen LogP contribution in [0.3, 0.4) is 0 Å². The Hall–Kier alpha value is -2.50. The smallest absolute Gasteiger partial charge is 0.265 e. The van der Waals surface area contributed by atoms with Gasteiger partial charge in [0.05, 0.1) is 21.3 Å². The summed E-state index contributed by atoms with van der Waals surface area (Å²) in [7, 11) is -3.75. The van der Waals surface area contributed by atoms with Crippen LogP contribution in [0.5, 0.6) is 5.75 Å². The predicted octanol–water partition coefficient (Wildman–Crippen LogP) is 1.24. The number of carbonyl (C=O) groups excluding carboxylic acids is 2. The highest BCUT2D eigenvalue weighted by Crippen LogP contribution is 2.31. The number of sulfonamides is 1. The van der Waals surface area contributed by atoms with Crippen LogP contribution >= 0.6 is 11.3 Å². The molecule has 154 valence electrons. The molecule has 2 amide bonds. The van der Waals surface area contributed by atoms with E-state index in [0.717, 1.165) is 5.01 Å². The summed E-state index contributed by atoms with van der Waals surface area (Å²) in [6, 6.07) is 4.41. The minimum absolute atomic E-state index is 0.0794. The van der Waals surface area contributed by atoms with Crippen LogP contribution in [0.25, 0.3) is 0 Å². The van der Waals surface area contributed by atoms with Gasteiger partial charge < -0.3 is 15.0 Å². The van der Waals surface area contributed by atoms with E-state index in [1.165, 1.54) is 33.8 Å². The van der Waals surface area contributed by atoms with Gasteiger partial charge in [-0.3, -0.25) is 9.59 Å². The van der Waals surface area contributed by atoms with E-state index in [9.17, 15) is 18.0 Å². The lowest BCUT2D eigenvalue weighted by Crippen LogP contribution is -2.50. The lowest BCUT2D eigenvalue weighted by atomic mass is 10.2. The Bertz CT molecular complexity index is 1090. The normalized spacial score (nSPS) is 17.4. The summed E-state index contributed by atoms with van der Waals surface area (Å²) in [6.45, 7) is 4.57. The second kappa shape index (κ2) is 7.39. The number of nitrogens with zero attached hydrogens (tertiary/aromatic N) is 3. The zero-order valence-electron chi connectivity index (χ0n) is 16.0. The molecular formula is C18H20N4O5S2. The van der Waals surface area contributed by atoms with Crippen LogP contribution in [0, 0.1) is 13.8 Å². The summed E-state index contributed by atoms with van der Waals surface area (Å²) < 4.78 is 32.7. The molecule has 3 heterocycles. The number of piperazine rings is 1. The number of hydrogen-bond donors (Lipinski definition) is 1. The van der Waals surface area contributed by atoms with Gasteiger partial charge in [-0.2, -0.15) is 4.31 Å². The number of amides is 2. The maximum absolute atomic E-state index is 13.0. The van der Waals surface area contributed by atoms with Crippen LogP contribution < -0.4 is 10.1 Å². The van der Waals surface area contributed by atoms with Crippen molar-refractivity contribution in [2.75, 3.05) is 38.1 Å². The van der Waals surface area contributed by atoms with Gasteiger partial charge in [-0.05, 0) is 32.0 Å². The summed E-state index contributed by atoms with van der Waals surface area (Å²) in [5.74, 6) is 0.000693. The van der Waals surface area contributed by atoms with Crippen molar-refractivity contribution in [2.45, 2.75) is 18.7 Å². The molecule has 0 saturated carbocycles. The minimum atomic E-state index is -3.75. The Kier molecular flexibility index (Phi) is 5.05. The van der Waals surface area contributed by atoms with E-state index in [2.05, 4.69) is 10.3 Å². The number of nitrogens with one attached hydrogen (secondary N) is 1. The number of rotatable bonds is 3. The molecule has 11 heteroatoms. The van der Waals surface area contributed by atoms with Crippen LogP contribution in [0.4, 0.5) is 5.69 Å². The monoisotopic (exact) mass is 436 g/mol. The Morgan fingerprint density at radius 1 is 1.21 bits per heavy atom. The van der Waals surface area contributed by atoms with E-state index in [1.54, 1.807) is 11.8 Å². The molecular weight excluding hydrogens is 416 g/mol. The van der Waals surface area contributed by atoms with Gasteiger partial charge in [-0.25, -0.2) is 13.4 Å². The molecule has 0 spiro atoms. The molecule has 1 N–H and O–H groups in total. The Morgan fingerprint density at radius 3 is 2.59 bits per heavy atom. The highest BCUT2D eigenvalue weighted by Gasteiger charge is 2.32. The van der Waals surface area contributed by atoms with Gasteiger partial charge in [0.25, 0.3) is 11.8 Å². The number of benzene rings is 1. The molecule has 4 rings (SSSR count). The number of carbonyl (C=O) groups is 2. The molecule has 0 atom stereocenters. The van der Waals surface area contributed by atoms with Crippen molar-refractivity contribution < 1.29 is 22.7 Å². The van der Waals surface area contributed by atoms with E-state index in [4.69, 9.17) is 4.74 Å². The van der Waals surface area contributed by atoms with Crippen molar-refractivity contribution in [2.24, 2.45) is 0 Å². The molecule has 0 bridgehead atoms. The van der Waals surface area contributed by atoms with Crippen LogP contribution in [0.15, 0.2) is 23.1 Å². The second-order valence-electron chi connectivity index (χ2n) is 6.84. The SMILES string of the molecule is Cc1nc(C)c(C(=O)N2CCN(S(=O)(=O)c3ccc4c(c3)NC(=O)CO4)CC2)s1. The summed E-state index contributed by atoms with van der Waals surface area (Å²) >= 11 is 1.35. The van der Waals surface area contributed by atoms with Crippen molar-refractivity contribution >= 4 is 38.9 Å². The number of thiazole rings is 1. The standard InChI is InChI=1S/C18H20N4O5S2/c1-11-17(28-12(2)19-11)18(24)21-5-7-22(8-6-21)29(25,26)13-3-4-15-14(9-13)20-16(23)10-27-15/h3-4,9H,5-8,10H2,1-2H3,(H,20,23). The Balaban J connectivity index is 1.48. The average Bonchev–Trinajstić information content (AvgIpc) is 3.04. The maximum Gasteiger partial charge on any atom is 0.265 e. The van der Waals surface area contributed by atoms with E-state index in [0.29, 0.717) is 35.1 Å². The number of aromatic nitrogens is 1. The van der Waals surface area contributed by atoms with E-state index >= 15 is 0 Å². The molecule has 1 aromatic carbocycles. The lowest BCUT2D eigenvalue weighted by molar-refractivity contribution is -0.118. The van der Waals surface area contributed by atoms with Gasteiger partial charge in [0.2, 0.25) is 10.0 Å². The summed E-state index contributed by atoms with van der Waals surface area (Å²) in [5, 5.41) is 3.45. The van der Waals surface area contributed by atoms with Crippen LogP contribution in [-0.4, -0.2) is 67.2 Å². The molecule has 0 unspecified atom stereocenters. The second-order valence-corrected chi connectivity index (χ2v) is 9.98. The van der Waals surface area contributed by atoms with Crippen molar-refractivity contribution in [1.29, 1.82) is 0 Å². The molecule has 1 aromatic heterocycles. The van der Waals surface area contributed by atoms with Crippen molar-refractivity contribution in [1.82, 2.24) is 14.2 Å². The summed E-state index contributed by atoms with van der Waals surface area (Å²) in [4.78, 5) is 30.8. The fourth-order valence-electron chi connectivity index (χ4n) is 3.38. The number of fused-ring (bicyclic) bond motifs is 1. The van der Waals surface area contributed by atoms with Crippen LogP contribution in [0.2, 0.25) is 0 Å². The number of hydrogen-bond acceptors (Lipinski definition) is 7. The van der Waals surface area contributed by atoms with Gasteiger partial charge in [-0.15, -0.1) is 11.3 Å². The molecule has 0 radical (unpaired) electrons. The zero-order valence-corrected chi connectivity index (χ0v) is 17.6. The predicted molar refractivity (Wildman–Crippen MR) is 107 cm³/mol. The highest BCUT2D eigenvalue weighted by molar-refractivity contribution is 7.89. The highest BCUT2D eigenvalue weighted by atomic mass is 32.2. The number of aryl methyl sites for hydroxylation is 2. The first-order chi connectivity index (χ1) is 13.8. The number of ether oxygens (including phenoxy) is 1. The average molecular weight is 437 g/mol. The van der Waals surface area contributed by atoms with Gasteiger partial charge in [-0.1, -0.05) is 0 Å². The molecule has 2 aliphatic heterocycles. The third-order valence-electron chi connectivity index (χ3n) is 4.85. The third-order valence-corrected chi connectivity index (χ3v) is 7.80. The van der Waals surface area contributed by atoms with Crippen molar-refractivity contribution in [3.63, 3.8) is 0 Å². The van der Waals surface area contributed by atoms with E-state index < -0.39 is 10.0 Å². The van der Waals surface area contributed by atoms with Crippen LogP contribution in [0.1, 0.15) is 20.4 Å². The summed E-state index contributed by atoms with van der Waals surface area (Å²) in [5.41, 5.74) is 1.04. The first kappa shape index (κ1) is 19.8. The first-order valence-electron chi connectivity index (χ1n) is 9.06. The molecule has 29 heavy (non-hydrogen) atoms. The topological polar surface area (TPSA) is 109 Å². The Morgan fingerprint density at radius 2 is 1.93 bits per heavy atom. The fourth-order valence-corrected chi connectivity index (χ4v) is 5.71. The largest absolute Gasteiger partial charge is 0.482 e. The Labute approximate surface area is 172 Å². The lowest BCUT2D eigenvalue weighted by Gasteiger charge is -2.34. The first-order valence-corrected chi connectivity index (χ1v) is 11.3. The van der Waals surface area contributed by atoms with Crippen molar-refractivity contribution in [3.05, 3.63) is 33.8 Å². The van der Waals surface area contributed by atoms with Gasteiger partial charge >= 0.3 is 0 Å². The molecule has 1 saturated heterocycles. The van der Waals surface area contributed by atoms with Crippen LogP contribution in [-0.2, 0) is 14.8 Å². The third kappa shape index (κ3) is 3.72. The van der Waals surface area contributed by atoms with Gasteiger partial charge in [0.1, 0.15) is 10.6 Å². The minimum Gasteiger partial charge on any atom is -0.482 e. The molecule has 9 nitrogen and oxygen atoms in total. The van der Waals surface area contributed by atoms with E-state index in [1.807, 2.05) is 6.92 Å². The van der Waals surface area contributed by atoms with Crippen molar-refractivity contribution in [3.8, 4) is 5.75 Å². The molecule has 1 fully saturated rings. The van der Waals surface area contributed by atoms with Gasteiger partial charge in [0.15, 0.2) is 6.61 Å². The molecule has 0 aliphatic carbocycles. The zero-order chi connectivity index (χ0) is 20.8. The quantitative estimate of drug-likeness (QED) is 0.775. The molecule has 2 aliphatic rings. The maximum atomic E-state index is 13.0. The van der Waals surface area contributed by atoms with E-state index in [-0.39, 0.29) is 36.4 Å². The molecule has 2 aromatic rings. The fraction of sp³-hybridized carbons (Fsp3) is 0.389. The number of anilines is 1. The summed E-state index contributed by atoms with van der Waals surface area (Å²) in [6.07, 6.45) is 0. The van der Waals surface area contributed by atoms with Gasteiger partial charge in [0, 0.05) is 26.2 Å².